The van der Waals surface area contributed by atoms with Crippen LogP contribution in [0.2, 0.25) is 0 Å². The number of hydrogen-bond acceptors (Lipinski definition) is 6. The molecule has 0 radical (unpaired) electrons. The molecule has 0 aliphatic carbocycles. The van der Waals surface area contributed by atoms with E-state index in [9.17, 15) is 9.59 Å². The maximum atomic E-state index is 12.1. The highest BCUT2D eigenvalue weighted by Gasteiger charge is 2.21. The average Bonchev–Trinajstić information content (AvgIpc) is 2.70. The first-order valence-electron chi connectivity index (χ1n) is 8.24. The molecule has 7 nitrogen and oxygen atoms in total. The Morgan fingerprint density at radius 3 is 2.65 bits per heavy atom. The van der Waals surface area contributed by atoms with E-state index in [-0.39, 0.29) is 18.6 Å². The number of benzene rings is 2. The maximum absolute atomic E-state index is 12.1. The molecule has 7 heteroatoms. The minimum absolute atomic E-state index is 0.0260. The fourth-order valence-electron chi connectivity index (χ4n) is 2.55. The van der Waals surface area contributed by atoms with Crippen LogP contribution in [0.15, 0.2) is 48.5 Å². The van der Waals surface area contributed by atoms with Crippen molar-refractivity contribution >= 4 is 17.6 Å². The summed E-state index contributed by atoms with van der Waals surface area (Å²) < 4.78 is 16.1. The molecule has 1 heterocycles. The normalized spacial score (nSPS) is 15.0. The highest BCUT2D eigenvalue weighted by atomic mass is 16.6. The van der Waals surface area contributed by atoms with Crippen molar-refractivity contribution in [2.45, 2.75) is 6.10 Å². The molecular weight excluding hydrogens is 336 g/mol. The van der Waals surface area contributed by atoms with E-state index in [4.69, 9.17) is 14.2 Å². The van der Waals surface area contributed by atoms with Gasteiger partial charge < -0.3 is 24.8 Å². The maximum Gasteiger partial charge on any atom is 0.339 e. The number of anilines is 1. The predicted molar refractivity (Wildman–Crippen MR) is 95.6 cm³/mol. The van der Waals surface area contributed by atoms with E-state index in [0.717, 1.165) is 0 Å². The van der Waals surface area contributed by atoms with E-state index in [0.29, 0.717) is 35.9 Å². The van der Waals surface area contributed by atoms with Gasteiger partial charge in [-0.15, -0.1) is 0 Å². The van der Waals surface area contributed by atoms with Crippen molar-refractivity contribution in [1.29, 1.82) is 0 Å². The molecule has 0 bridgehead atoms. The fourth-order valence-corrected chi connectivity index (χ4v) is 2.55. The largest absolute Gasteiger partial charge is 0.486 e. The van der Waals surface area contributed by atoms with Gasteiger partial charge in [0.1, 0.15) is 12.7 Å². The van der Waals surface area contributed by atoms with Crippen LogP contribution in [0.3, 0.4) is 0 Å². The average molecular weight is 356 g/mol. The number of carbonyl (C=O) groups is 2. The smallest absolute Gasteiger partial charge is 0.339 e. The van der Waals surface area contributed by atoms with Crippen LogP contribution in [0, 0.1) is 0 Å². The Balaban J connectivity index is 1.48. The molecule has 2 aromatic rings. The van der Waals surface area contributed by atoms with E-state index >= 15 is 0 Å². The lowest BCUT2D eigenvalue weighted by atomic mass is 10.2. The summed E-state index contributed by atoms with van der Waals surface area (Å²) in [4.78, 5) is 23.8. The Morgan fingerprint density at radius 1 is 1.12 bits per heavy atom. The Labute approximate surface area is 151 Å². The van der Waals surface area contributed by atoms with Crippen LogP contribution in [0.25, 0.3) is 0 Å². The van der Waals surface area contributed by atoms with Crippen LogP contribution in [0.4, 0.5) is 5.69 Å². The van der Waals surface area contributed by atoms with Gasteiger partial charge in [-0.1, -0.05) is 24.3 Å². The molecule has 0 spiro atoms. The summed E-state index contributed by atoms with van der Waals surface area (Å²) in [6.45, 7) is 0.724. The molecule has 3 rings (SSSR count). The number of fused-ring (bicyclic) bond motifs is 1. The van der Waals surface area contributed by atoms with Crippen molar-refractivity contribution in [3.8, 4) is 11.5 Å². The van der Waals surface area contributed by atoms with Gasteiger partial charge in [0.25, 0.3) is 0 Å². The molecule has 2 aromatic carbocycles. The zero-order valence-corrected chi connectivity index (χ0v) is 14.4. The van der Waals surface area contributed by atoms with Gasteiger partial charge >= 0.3 is 5.97 Å². The number of rotatable bonds is 6. The van der Waals surface area contributed by atoms with Crippen LogP contribution in [-0.2, 0) is 9.53 Å². The summed E-state index contributed by atoms with van der Waals surface area (Å²) >= 11 is 0. The molecule has 26 heavy (non-hydrogen) atoms. The number of hydrogen-bond donors (Lipinski definition) is 2. The van der Waals surface area contributed by atoms with E-state index in [2.05, 4.69) is 10.6 Å². The van der Waals surface area contributed by atoms with Crippen LogP contribution in [0.5, 0.6) is 11.5 Å². The fraction of sp³-hybridized carbons (Fsp3) is 0.263. The number of ether oxygens (including phenoxy) is 3. The summed E-state index contributed by atoms with van der Waals surface area (Å²) in [5.41, 5.74) is 0.920. The van der Waals surface area contributed by atoms with Gasteiger partial charge in [0.2, 0.25) is 5.91 Å². The van der Waals surface area contributed by atoms with Gasteiger partial charge in [-0.25, -0.2) is 4.79 Å². The molecule has 1 aliphatic rings. The van der Waals surface area contributed by atoms with Crippen molar-refractivity contribution in [2.24, 2.45) is 0 Å². The quantitative estimate of drug-likeness (QED) is 0.768. The lowest BCUT2D eigenvalue weighted by Gasteiger charge is -2.26. The van der Waals surface area contributed by atoms with Gasteiger partial charge in [0, 0.05) is 5.69 Å². The predicted octanol–water partition coefficient (Wildman–Crippen LogP) is 1.84. The molecule has 2 N–H and O–H groups in total. The standard InChI is InChI=1S/C19H20N2O5/c1-24-19(23)14-6-2-3-7-15(14)20-11-18(22)21-10-13-12-25-16-8-4-5-9-17(16)26-13/h2-9,13,20H,10-12H2,1H3,(H,21,22)/t13-/m0/s1. The summed E-state index contributed by atoms with van der Waals surface area (Å²) in [6, 6.07) is 14.3. The first-order chi connectivity index (χ1) is 12.7. The highest BCUT2D eigenvalue weighted by molar-refractivity contribution is 5.96. The molecule has 1 atom stereocenters. The van der Waals surface area contributed by atoms with Crippen molar-refractivity contribution in [3.63, 3.8) is 0 Å². The van der Waals surface area contributed by atoms with Crippen LogP contribution >= 0.6 is 0 Å². The van der Waals surface area contributed by atoms with Crippen molar-refractivity contribution in [1.82, 2.24) is 5.32 Å². The molecule has 0 unspecified atom stereocenters. The van der Waals surface area contributed by atoms with E-state index in [1.54, 1.807) is 24.3 Å². The molecule has 0 saturated carbocycles. The molecule has 0 aromatic heterocycles. The summed E-state index contributed by atoms with van der Waals surface area (Å²) in [5, 5.41) is 5.74. The van der Waals surface area contributed by atoms with Gasteiger partial charge in [-0.2, -0.15) is 0 Å². The van der Waals surface area contributed by atoms with Crippen molar-refractivity contribution in [2.75, 3.05) is 32.1 Å². The lowest BCUT2D eigenvalue weighted by molar-refractivity contribution is -0.119. The third kappa shape index (κ3) is 4.24. The minimum atomic E-state index is -0.458. The Bertz CT molecular complexity index is 793. The van der Waals surface area contributed by atoms with E-state index in [1.165, 1.54) is 7.11 Å². The third-order valence-corrected chi connectivity index (χ3v) is 3.87. The molecule has 0 saturated heterocycles. The van der Waals surface area contributed by atoms with Crippen molar-refractivity contribution in [3.05, 3.63) is 54.1 Å². The summed E-state index contributed by atoms with van der Waals surface area (Å²) in [6.07, 6.45) is -0.254. The number of carbonyl (C=O) groups excluding carboxylic acids is 2. The number of para-hydroxylation sites is 3. The van der Waals surface area contributed by atoms with Gasteiger partial charge in [-0.3, -0.25) is 4.79 Å². The van der Waals surface area contributed by atoms with Gasteiger partial charge in [-0.05, 0) is 24.3 Å². The number of methoxy groups -OCH3 is 1. The Morgan fingerprint density at radius 2 is 1.85 bits per heavy atom. The number of nitrogens with one attached hydrogen (secondary N) is 2. The van der Waals surface area contributed by atoms with Crippen molar-refractivity contribution < 1.29 is 23.8 Å². The minimum Gasteiger partial charge on any atom is -0.486 e. The van der Waals surface area contributed by atoms with Gasteiger partial charge in [0.05, 0.1) is 25.8 Å². The monoisotopic (exact) mass is 356 g/mol. The lowest BCUT2D eigenvalue weighted by Crippen LogP contribution is -2.42. The second-order valence-electron chi connectivity index (χ2n) is 5.69. The highest BCUT2D eigenvalue weighted by Crippen LogP contribution is 2.30. The van der Waals surface area contributed by atoms with Crippen LogP contribution < -0.4 is 20.1 Å². The topological polar surface area (TPSA) is 85.9 Å². The van der Waals surface area contributed by atoms with Gasteiger partial charge in [0.15, 0.2) is 11.5 Å². The Hall–Kier alpha value is -3.22. The van der Waals surface area contributed by atoms with Crippen LogP contribution in [-0.4, -0.2) is 44.8 Å². The molecule has 136 valence electrons. The zero-order chi connectivity index (χ0) is 18.4. The molecule has 1 amide bonds. The second-order valence-corrected chi connectivity index (χ2v) is 5.69. The first-order valence-corrected chi connectivity index (χ1v) is 8.24. The molecule has 0 fully saturated rings. The van der Waals surface area contributed by atoms with E-state index in [1.807, 2.05) is 24.3 Å². The first kappa shape index (κ1) is 17.6. The SMILES string of the molecule is COC(=O)c1ccccc1NCC(=O)NC[C@H]1COc2ccccc2O1. The zero-order valence-electron chi connectivity index (χ0n) is 14.4. The number of esters is 1. The molecule has 1 aliphatic heterocycles. The van der Waals surface area contributed by atoms with E-state index < -0.39 is 5.97 Å². The number of amides is 1. The summed E-state index contributed by atoms with van der Waals surface area (Å²) in [7, 11) is 1.32. The third-order valence-electron chi connectivity index (χ3n) is 3.87. The Kier molecular flexibility index (Phi) is 5.58. The second kappa shape index (κ2) is 8.24. The summed E-state index contributed by atoms with van der Waals surface area (Å²) in [5.74, 6) is 0.700. The molecular formula is C19H20N2O5. The van der Waals surface area contributed by atoms with Crippen LogP contribution in [0.1, 0.15) is 10.4 Å².